The molecule has 0 spiro atoms. The van der Waals surface area contributed by atoms with Gasteiger partial charge in [-0.25, -0.2) is 14.8 Å². The van der Waals surface area contributed by atoms with Crippen LogP contribution in [-0.2, 0) is 6.42 Å². The fourth-order valence-electron chi connectivity index (χ4n) is 3.37. The van der Waals surface area contributed by atoms with Crippen molar-refractivity contribution in [3.63, 3.8) is 0 Å². The van der Waals surface area contributed by atoms with Gasteiger partial charge in [-0.05, 0) is 57.0 Å². The Morgan fingerprint density at radius 1 is 1.08 bits per heavy atom. The van der Waals surface area contributed by atoms with Crippen molar-refractivity contribution < 1.29 is 4.79 Å². The van der Waals surface area contributed by atoms with E-state index in [-0.39, 0.29) is 12.1 Å². The zero-order chi connectivity index (χ0) is 17.6. The summed E-state index contributed by atoms with van der Waals surface area (Å²) in [5.41, 5.74) is 6.37. The summed E-state index contributed by atoms with van der Waals surface area (Å²) >= 11 is 0. The fourth-order valence-corrected chi connectivity index (χ4v) is 3.37. The van der Waals surface area contributed by atoms with Gasteiger partial charge >= 0.3 is 6.03 Å². The van der Waals surface area contributed by atoms with E-state index in [1.54, 1.807) is 0 Å². The Kier molecular flexibility index (Phi) is 3.64. The quantitative estimate of drug-likeness (QED) is 0.725. The van der Waals surface area contributed by atoms with Crippen molar-refractivity contribution in [1.29, 1.82) is 0 Å². The molecule has 0 saturated heterocycles. The molecule has 5 nitrogen and oxygen atoms in total. The predicted molar refractivity (Wildman–Crippen MR) is 100 cm³/mol. The number of nitrogens with zero attached hydrogens (tertiary/aromatic N) is 3. The lowest BCUT2D eigenvalue weighted by molar-refractivity contribution is 0.256. The molecular weight excluding hydrogens is 312 g/mol. The SMILES string of the molecule is Cc1nc2ccc(NC(=O)N3c4ccccc4CC3C)cc2nc1C. The zero-order valence-electron chi connectivity index (χ0n) is 14.6. The minimum absolute atomic E-state index is 0.117. The van der Waals surface area contributed by atoms with Crippen molar-refractivity contribution in [3.8, 4) is 0 Å². The van der Waals surface area contributed by atoms with Crippen LogP contribution in [0.4, 0.5) is 16.2 Å². The van der Waals surface area contributed by atoms with E-state index in [1.165, 1.54) is 5.56 Å². The Hall–Kier alpha value is -2.95. The average Bonchev–Trinajstić information content (AvgIpc) is 2.92. The lowest BCUT2D eigenvalue weighted by atomic mass is 10.1. The van der Waals surface area contributed by atoms with Crippen LogP contribution in [0.1, 0.15) is 23.9 Å². The molecule has 0 aliphatic carbocycles. The van der Waals surface area contributed by atoms with E-state index in [4.69, 9.17) is 0 Å². The van der Waals surface area contributed by atoms with Gasteiger partial charge < -0.3 is 5.32 Å². The highest BCUT2D eigenvalue weighted by molar-refractivity contribution is 6.04. The number of amides is 2. The van der Waals surface area contributed by atoms with Gasteiger partial charge in [0.15, 0.2) is 0 Å². The highest BCUT2D eigenvalue weighted by atomic mass is 16.2. The first-order valence-electron chi connectivity index (χ1n) is 8.46. The second kappa shape index (κ2) is 5.84. The molecule has 2 aromatic carbocycles. The summed E-state index contributed by atoms with van der Waals surface area (Å²) in [6, 6.07) is 13.7. The third kappa shape index (κ3) is 2.71. The molecule has 1 aromatic heterocycles. The first kappa shape index (κ1) is 15.6. The largest absolute Gasteiger partial charge is 0.326 e. The van der Waals surface area contributed by atoms with E-state index < -0.39 is 0 Å². The topological polar surface area (TPSA) is 58.1 Å². The van der Waals surface area contributed by atoms with Gasteiger partial charge in [0.25, 0.3) is 0 Å². The third-order valence-corrected chi connectivity index (χ3v) is 4.75. The average molecular weight is 332 g/mol. The normalized spacial score (nSPS) is 16.1. The number of hydrogen-bond donors (Lipinski definition) is 1. The fraction of sp³-hybridized carbons (Fsp3) is 0.250. The van der Waals surface area contributed by atoms with E-state index in [0.717, 1.165) is 40.2 Å². The molecule has 0 bridgehead atoms. The van der Waals surface area contributed by atoms with Crippen LogP contribution in [0.15, 0.2) is 42.5 Å². The van der Waals surface area contributed by atoms with Crippen LogP contribution < -0.4 is 10.2 Å². The number of carbonyl (C=O) groups excluding carboxylic acids is 1. The van der Waals surface area contributed by atoms with Crippen LogP contribution in [0.3, 0.4) is 0 Å². The van der Waals surface area contributed by atoms with Crippen LogP contribution in [-0.4, -0.2) is 22.0 Å². The van der Waals surface area contributed by atoms with Gasteiger partial charge in [0.2, 0.25) is 0 Å². The Labute approximate surface area is 146 Å². The number of rotatable bonds is 1. The van der Waals surface area contributed by atoms with Crippen molar-refractivity contribution in [2.75, 3.05) is 10.2 Å². The maximum atomic E-state index is 12.8. The van der Waals surface area contributed by atoms with Gasteiger partial charge in [0.1, 0.15) is 0 Å². The Bertz CT molecular complexity index is 983. The summed E-state index contributed by atoms with van der Waals surface area (Å²) in [4.78, 5) is 23.7. The predicted octanol–water partition coefficient (Wildman–Crippen LogP) is 4.23. The Balaban J connectivity index is 1.63. The number of aryl methyl sites for hydroxylation is 2. The van der Waals surface area contributed by atoms with Crippen LogP contribution >= 0.6 is 0 Å². The molecule has 3 aromatic rings. The zero-order valence-corrected chi connectivity index (χ0v) is 14.6. The highest BCUT2D eigenvalue weighted by Gasteiger charge is 2.30. The summed E-state index contributed by atoms with van der Waals surface area (Å²) in [6.07, 6.45) is 0.880. The number of aromatic nitrogens is 2. The van der Waals surface area contributed by atoms with Crippen molar-refractivity contribution in [3.05, 3.63) is 59.4 Å². The number of anilines is 2. The molecule has 2 amide bonds. The van der Waals surface area contributed by atoms with Gasteiger partial charge in [-0.3, -0.25) is 4.90 Å². The molecule has 25 heavy (non-hydrogen) atoms. The van der Waals surface area contributed by atoms with E-state index in [0.29, 0.717) is 0 Å². The van der Waals surface area contributed by atoms with Crippen LogP contribution in [0.25, 0.3) is 11.0 Å². The second-order valence-corrected chi connectivity index (χ2v) is 6.58. The van der Waals surface area contributed by atoms with E-state index in [2.05, 4.69) is 28.3 Å². The number of hydrogen-bond acceptors (Lipinski definition) is 3. The summed E-state index contributed by atoms with van der Waals surface area (Å²) < 4.78 is 0. The monoisotopic (exact) mass is 332 g/mol. The number of urea groups is 1. The van der Waals surface area contributed by atoms with Gasteiger partial charge in [0.05, 0.1) is 22.4 Å². The molecule has 5 heteroatoms. The smallest absolute Gasteiger partial charge is 0.307 e. The first-order chi connectivity index (χ1) is 12.0. The molecule has 1 aliphatic rings. The molecule has 2 heterocycles. The molecule has 1 atom stereocenters. The summed E-state index contributed by atoms with van der Waals surface area (Å²) in [5.74, 6) is 0. The molecule has 1 unspecified atom stereocenters. The Morgan fingerprint density at radius 2 is 1.80 bits per heavy atom. The molecule has 0 fully saturated rings. The number of para-hydroxylation sites is 1. The maximum Gasteiger partial charge on any atom is 0.326 e. The number of benzene rings is 2. The van der Waals surface area contributed by atoms with Gasteiger partial charge in [0, 0.05) is 17.4 Å². The van der Waals surface area contributed by atoms with Crippen LogP contribution in [0.2, 0.25) is 0 Å². The van der Waals surface area contributed by atoms with E-state index >= 15 is 0 Å². The van der Waals surface area contributed by atoms with Crippen molar-refractivity contribution >= 4 is 28.4 Å². The van der Waals surface area contributed by atoms with Crippen molar-refractivity contribution in [2.24, 2.45) is 0 Å². The standard InChI is InChI=1S/C20H20N4O/c1-12-10-15-6-4-5-7-19(15)24(12)20(25)23-16-8-9-17-18(11-16)22-14(3)13(2)21-17/h4-9,11-12H,10H2,1-3H3,(H,23,25). The molecule has 1 aliphatic heterocycles. The highest BCUT2D eigenvalue weighted by Crippen LogP contribution is 2.32. The molecule has 126 valence electrons. The third-order valence-electron chi connectivity index (χ3n) is 4.75. The van der Waals surface area contributed by atoms with Gasteiger partial charge in [-0.1, -0.05) is 18.2 Å². The lowest BCUT2D eigenvalue weighted by Crippen LogP contribution is -2.39. The van der Waals surface area contributed by atoms with Gasteiger partial charge in [-0.2, -0.15) is 0 Å². The second-order valence-electron chi connectivity index (χ2n) is 6.58. The van der Waals surface area contributed by atoms with Crippen molar-refractivity contribution in [2.45, 2.75) is 33.2 Å². The minimum Gasteiger partial charge on any atom is -0.307 e. The number of nitrogens with one attached hydrogen (secondary N) is 1. The van der Waals surface area contributed by atoms with Crippen molar-refractivity contribution in [1.82, 2.24) is 9.97 Å². The molecule has 4 rings (SSSR count). The minimum atomic E-state index is -0.117. The molecule has 1 N–H and O–H groups in total. The molecule has 0 saturated carbocycles. The van der Waals surface area contributed by atoms with E-state index in [1.807, 2.05) is 55.1 Å². The first-order valence-corrected chi connectivity index (χ1v) is 8.46. The van der Waals surface area contributed by atoms with Gasteiger partial charge in [-0.15, -0.1) is 0 Å². The summed E-state index contributed by atoms with van der Waals surface area (Å²) in [6.45, 7) is 5.96. The Morgan fingerprint density at radius 3 is 2.60 bits per heavy atom. The van der Waals surface area contributed by atoms with E-state index in [9.17, 15) is 4.79 Å². The molecular formula is C20H20N4O. The van der Waals surface area contributed by atoms with Crippen LogP contribution in [0, 0.1) is 13.8 Å². The molecule has 0 radical (unpaired) electrons. The lowest BCUT2D eigenvalue weighted by Gasteiger charge is -2.23. The number of carbonyl (C=O) groups is 1. The number of fused-ring (bicyclic) bond motifs is 2. The summed E-state index contributed by atoms with van der Waals surface area (Å²) in [7, 11) is 0. The summed E-state index contributed by atoms with van der Waals surface area (Å²) in [5, 5.41) is 3.00. The maximum absolute atomic E-state index is 12.8. The van der Waals surface area contributed by atoms with Crippen LogP contribution in [0.5, 0.6) is 0 Å².